The minimum Gasteiger partial charge on any atom is -0.396 e. The Hall–Kier alpha value is -5.61. The Kier molecular flexibility index (Phi) is 20.3. The van der Waals surface area contributed by atoms with Crippen molar-refractivity contribution in [1.29, 1.82) is 0 Å². The van der Waals surface area contributed by atoms with Gasteiger partial charge in [0.25, 0.3) is 16.7 Å². The third-order valence-corrected chi connectivity index (χ3v) is 14.0. The molecule has 6 rings (SSSR count). The quantitative estimate of drug-likeness (QED) is 0.0336. The normalized spacial score (nSPS) is 28.1. The monoisotopic (exact) mass is 1110 g/mol. The van der Waals surface area contributed by atoms with Crippen molar-refractivity contribution in [2.75, 3.05) is 60.8 Å². The molecule has 2 saturated heterocycles. The number of hydrogen-bond acceptors (Lipinski definition) is 22. The van der Waals surface area contributed by atoms with Crippen LogP contribution in [0.15, 0.2) is 65.6 Å². The Labute approximate surface area is 421 Å². The molecule has 416 valence electrons. The number of carbonyl (C=O) groups is 3. The van der Waals surface area contributed by atoms with Gasteiger partial charge in [-0.1, -0.05) is 0 Å². The SMILES string of the molecule is CNC(=O)CCO[C@H]1C(OP(=O)(O)OC[C@H]2O[C@@H](n3ccc(=O)[nH]c3=O)[C@@H](OCCC(=O)NC)C2OP(=O)(O)OC[C@H]2O[C@@H](n3ccc(=O)[nH]c3=O)[C@@H](OCCC(=O)NC)C2O)[C@@H](CO)C[C@H]1n1ccc(=O)[nH]c1=O. The van der Waals surface area contributed by atoms with Gasteiger partial charge in [0.1, 0.15) is 48.8 Å². The maximum absolute atomic E-state index is 14.0. The van der Waals surface area contributed by atoms with Crippen molar-refractivity contribution in [3.05, 3.63) is 99.3 Å². The van der Waals surface area contributed by atoms with Crippen molar-refractivity contribution in [3.8, 4) is 0 Å². The molecule has 0 aromatic carbocycles. The van der Waals surface area contributed by atoms with Crippen LogP contribution in [-0.2, 0) is 65.3 Å². The van der Waals surface area contributed by atoms with Gasteiger partial charge >= 0.3 is 32.7 Å². The maximum Gasteiger partial charge on any atom is 0.472 e. The fourth-order valence-corrected chi connectivity index (χ4v) is 10.3. The predicted molar refractivity (Wildman–Crippen MR) is 249 cm³/mol. The predicted octanol–water partition coefficient (Wildman–Crippen LogP) is -5.09. The van der Waals surface area contributed by atoms with E-state index >= 15 is 0 Å². The smallest absolute Gasteiger partial charge is 0.396 e. The number of ether oxygens (including phenoxy) is 5. The average Bonchev–Trinajstić information content (AvgIpc) is 3.98. The highest BCUT2D eigenvalue weighted by atomic mass is 31.2. The van der Waals surface area contributed by atoms with Crippen LogP contribution in [0.4, 0.5) is 0 Å². The van der Waals surface area contributed by atoms with Crippen molar-refractivity contribution >= 4 is 33.4 Å². The van der Waals surface area contributed by atoms with E-state index in [1.807, 2.05) is 9.97 Å². The Morgan fingerprint density at radius 2 is 1.01 bits per heavy atom. The Morgan fingerprint density at radius 1 is 0.613 bits per heavy atom. The van der Waals surface area contributed by atoms with Crippen LogP contribution in [0, 0.1) is 5.92 Å². The first-order valence-corrected chi connectivity index (χ1v) is 25.9. The zero-order valence-electron chi connectivity index (χ0n) is 40.2. The molecule has 0 radical (unpaired) electrons. The first-order valence-electron chi connectivity index (χ1n) is 22.9. The third-order valence-electron chi connectivity index (χ3n) is 12.1. The summed E-state index contributed by atoms with van der Waals surface area (Å²) in [6, 6.07) is 1.82. The fourth-order valence-electron chi connectivity index (χ4n) is 8.38. The van der Waals surface area contributed by atoms with Crippen LogP contribution in [0.2, 0.25) is 0 Å². The van der Waals surface area contributed by atoms with Gasteiger partial charge < -0.3 is 59.6 Å². The molecule has 2 aliphatic heterocycles. The van der Waals surface area contributed by atoms with Gasteiger partial charge in [0.05, 0.1) is 39.1 Å². The molecule has 1 aliphatic carbocycles. The Bertz CT molecular complexity index is 2940. The summed E-state index contributed by atoms with van der Waals surface area (Å²) in [5, 5.41) is 28.9. The summed E-state index contributed by atoms with van der Waals surface area (Å²) in [6.07, 6.45) is -14.4. The van der Waals surface area contributed by atoms with E-state index in [0.717, 1.165) is 50.5 Å². The van der Waals surface area contributed by atoms with E-state index in [-0.39, 0.29) is 38.9 Å². The molecule has 0 spiro atoms. The molecule has 0 bridgehead atoms. The lowest BCUT2D eigenvalue weighted by Gasteiger charge is -2.29. The van der Waals surface area contributed by atoms with Crippen molar-refractivity contribution in [2.24, 2.45) is 5.92 Å². The van der Waals surface area contributed by atoms with Gasteiger partial charge in [-0.3, -0.25) is 75.5 Å². The molecule has 3 aromatic rings. The lowest BCUT2D eigenvalue weighted by atomic mass is 10.1. The van der Waals surface area contributed by atoms with Gasteiger partial charge in [-0.25, -0.2) is 23.5 Å². The zero-order valence-corrected chi connectivity index (χ0v) is 41.9. The zero-order chi connectivity index (χ0) is 54.8. The second kappa shape index (κ2) is 26.0. The molecule has 5 unspecified atom stereocenters. The lowest BCUT2D eigenvalue weighted by molar-refractivity contribution is -0.124. The van der Waals surface area contributed by atoms with E-state index in [1.165, 1.54) is 21.1 Å². The first-order chi connectivity index (χ1) is 35.6. The number of aromatic amines is 3. The number of carbonyl (C=O) groups excluding carboxylic acids is 3. The molecule has 10 N–H and O–H groups in total. The van der Waals surface area contributed by atoms with E-state index in [4.69, 9.17) is 41.8 Å². The summed E-state index contributed by atoms with van der Waals surface area (Å²) in [5.74, 6) is -2.53. The van der Waals surface area contributed by atoms with Crippen LogP contribution in [0.5, 0.6) is 0 Å². The van der Waals surface area contributed by atoms with Gasteiger partial charge in [-0.15, -0.1) is 0 Å². The minimum absolute atomic E-state index is 0.142. The fraction of sp³-hybridized carbons (Fsp3) is 0.625. The standard InChI is InChI=1S/C40H57N9O24P2/c1-41-24(51)7-13-65-32-21(47-10-4-27(54)44-38(47)58)16-20(17-50)31(32)72-74(61,62)69-19-23-33(35(67-15-9-26(53)43-3)37(71-23)49-12-6-29(56)46-40(49)60)73-75(63,64)68-18-22-30(57)34(66-14-8-25(52)42-2)36(70-22)48-11-5-28(55)45-39(48)59/h4-6,10-12,20-23,30-37,50,57H,7-9,13-19H2,1-3H3,(H,41,51)(H,42,52)(H,43,53)(H,61,62)(H,63,64)(H,44,54,58)(H,45,55,59)(H,46,56,60)/t20-,21-,22-,23-,30?,31?,32-,33?,34+,35+,36-,37-/m1/s1. The molecular weight excluding hydrogens is 1050 g/mol. The number of rotatable bonds is 26. The lowest BCUT2D eigenvalue weighted by Crippen LogP contribution is -2.41. The number of phosphoric ester groups is 2. The van der Waals surface area contributed by atoms with Crippen molar-refractivity contribution < 1.29 is 85.3 Å². The van der Waals surface area contributed by atoms with Crippen molar-refractivity contribution in [1.82, 2.24) is 44.6 Å². The van der Waals surface area contributed by atoms with Crippen LogP contribution in [0.1, 0.15) is 44.2 Å². The molecule has 5 heterocycles. The Balaban J connectivity index is 1.28. The van der Waals surface area contributed by atoms with E-state index in [0.29, 0.717) is 0 Å². The topological polar surface area (TPSA) is 450 Å². The van der Waals surface area contributed by atoms with Crippen LogP contribution in [0.25, 0.3) is 0 Å². The third kappa shape index (κ3) is 15.1. The Morgan fingerprint density at radius 3 is 1.47 bits per heavy atom. The van der Waals surface area contributed by atoms with E-state index < -0.39 is 167 Å². The number of aliphatic hydroxyl groups excluding tert-OH is 2. The van der Waals surface area contributed by atoms with Gasteiger partial charge in [-0.2, -0.15) is 0 Å². The molecule has 14 atom stereocenters. The number of aromatic nitrogens is 6. The number of phosphoric acid groups is 2. The highest BCUT2D eigenvalue weighted by Crippen LogP contribution is 2.53. The highest BCUT2D eigenvalue weighted by Gasteiger charge is 2.54. The average molecular weight is 1110 g/mol. The summed E-state index contributed by atoms with van der Waals surface area (Å²) in [5.41, 5.74) is -5.40. The number of hydrogen-bond donors (Lipinski definition) is 10. The molecule has 1 saturated carbocycles. The molecule has 3 aliphatic rings. The molecule has 3 amide bonds. The number of H-pyrrole nitrogens is 3. The van der Waals surface area contributed by atoms with Crippen LogP contribution < -0.4 is 49.7 Å². The number of nitrogens with one attached hydrogen (secondary N) is 6. The number of aliphatic hydroxyl groups is 2. The highest BCUT2D eigenvalue weighted by molar-refractivity contribution is 7.47. The summed E-state index contributed by atoms with van der Waals surface area (Å²) < 4.78 is 82.0. The van der Waals surface area contributed by atoms with E-state index in [9.17, 15) is 72.3 Å². The van der Waals surface area contributed by atoms with Crippen LogP contribution in [-0.4, -0.2) is 176 Å². The second-order valence-electron chi connectivity index (χ2n) is 16.9. The minimum atomic E-state index is -5.56. The number of nitrogens with zero attached hydrogens (tertiary/aromatic N) is 3. The van der Waals surface area contributed by atoms with Crippen molar-refractivity contribution in [3.63, 3.8) is 0 Å². The van der Waals surface area contributed by atoms with Gasteiger partial charge in [0, 0.05) is 89.7 Å². The molecule has 75 heavy (non-hydrogen) atoms. The summed E-state index contributed by atoms with van der Waals surface area (Å²) in [4.78, 5) is 140. The largest absolute Gasteiger partial charge is 0.472 e. The van der Waals surface area contributed by atoms with E-state index in [2.05, 4.69) is 20.9 Å². The summed E-state index contributed by atoms with van der Waals surface area (Å²) in [7, 11) is -6.96. The summed E-state index contributed by atoms with van der Waals surface area (Å²) in [6.45, 7) is -3.99. The van der Waals surface area contributed by atoms with Crippen molar-refractivity contribution in [2.45, 2.75) is 93.0 Å². The molecule has 3 fully saturated rings. The number of amides is 3. The molecule has 35 heteroatoms. The van der Waals surface area contributed by atoms with Gasteiger partial charge in [-0.05, 0) is 6.42 Å². The maximum atomic E-state index is 14.0. The van der Waals surface area contributed by atoms with Gasteiger partial charge in [0.15, 0.2) is 12.5 Å². The molecule has 3 aromatic heterocycles. The summed E-state index contributed by atoms with van der Waals surface area (Å²) >= 11 is 0. The van der Waals surface area contributed by atoms with Crippen LogP contribution >= 0.6 is 15.6 Å². The van der Waals surface area contributed by atoms with Gasteiger partial charge in [0.2, 0.25) is 17.7 Å². The molecular formula is C40H57N9O24P2. The van der Waals surface area contributed by atoms with Crippen LogP contribution in [0.3, 0.4) is 0 Å². The van der Waals surface area contributed by atoms with E-state index in [1.54, 1.807) is 0 Å². The second-order valence-corrected chi connectivity index (χ2v) is 19.7. The first kappa shape index (κ1) is 58.6. The molecule has 33 nitrogen and oxygen atoms in total.